The first kappa shape index (κ1) is 12.3. The van der Waals surface area contributed by atoms with Gasteiger partial charge in [0, 0.05) is 12.6 Å². The normalized spacial score (nSPS) is 31.7. The van der Waals surface area contributed by atoms with Gasteiger partial charge in [0.25, 0.3) is 0 Å². The molecule has 16 heavy (non-hydrogen) atoms. The molecule has 0 aromatic heterocycles. The van der Waals surface area contributed by atoms with Crippen LogP contribution in [0.2, 0.25) is 0 Å². The molecule has 1 N–H and O–H groups in total. The van der Waals surface area contributed by atoms with E-state index in [1.807, 2.05) is 0 Å². The molecule has 2 saturated heterocycles. The molecule has 2 aliphatic rings. The summed E-state index contributed by atoms with van der Waals surface area (Å²) in [4.78, 5) is 4.66. The van der Waals surface area contributed by atoms with Crippen LogP contribution in [0.4, 0.5) is 0 Å². The molecule has 2 unspecified atom stereocenters. The highest BCUT2D eigenvalue weighted by Gasteiger charge is 2.50. The summed E-state index contributed by atoms with van der Waals surface area (Å²) in [5, 5.41) is 9.66. The quantitative estimate of drug-likeness (QED) is 0.727. The second-order valence-electron chi connectivity index (χ2n) is 5.73. The summed E-state index contributed by atoms with van der Waals surface area (Å²) in [5.41, 5.74) is -0.0145. The smallest absolute Gasteiger partial charge is 0.0582 e. The molecule has 2 fully saturated rings. The van der Waals surface area contributed by atoms with Crippen molar-refractivity contribution in [3.63, 3.8) is 0 Å². The zero-order valence-corrected chi connectivity index (χ0v) is 10.6. The van der Waals surface area contributed by atoms with E-state index in [1.165, 1.54) is 13.0 Å². The Hall–Kier alpha value is -0.160. The Balaban J connectivity index is 2.10. The molecule has 4 nitrogen and oxygen atoms in total. The number of nitrogens with zero attached hydrogens (tertiary/aromatic N) is 2. The maximum Gasteiger partial charge on any atom is 0.0582 e. The van der Waals surface area contributed by atoms with Gasteiger partial charge in [-0.25, -0.2) is 0 Å². The Morgan fingerprint density at radius 3 is 2.50 bits per heavy atom. The Morgan fingerprint density at radius 2 is 2.19 bits per heavy atom. The molecule has 0 radical (unpaired) electrons. The highest BCUT2D eigenvalue weighted by atomic mass is 16.5. The Morgan fingerprint density at radius 1 is 1.50 bits per heavy atom. The number of hydrogen-bond acceptors (Lipinski definition) is 4. The first-order chi connectivity index (χ1) is 7.59. The first-order valence-electron chi connectivity index (χ1n) is 6.13. The van der Waals surface area contributed by atoms with E-state index in [2.05, 4.69) is 30.9 Å². The summed E-state index contributed by atoms with van der Waals surface area (Å²) in [6.07, 6.45) is 1.24. The number of aliphatic hydroxyl groups excluding tert-OH is 1. The monoisotopic (exact) mass is 228 g/mol. The lowest BCUT2D eigenvalue weighted by atomic mass is 9.72. The van der Waals surface area contributed by atoms with Crippen molar-refractivity contribution in [3.8, 4) is 0 Å². The molecular formula is C12H24N2O2. The largest absolute Gasteiger partial charge is 0.396 e. The van der Waals surface area contributed by atoms with Crippen LogP contribution in [0, 0.1) is 11.3 Å². The van der Waals surface area contributed by atoms with Crippen LogP contribution in [0.25, 0.3) is 0 Å². The van der Waals surface area contributed by atoms with E-state index in [-0.39, 0.29) is 12.0 Å². The van der Waals surface area contributed by atoms with Gasteiger partial charge >= 0.3 is 0 Å². The minimum atomic E-state index is -0.0145. The highest BCUT2D eigenvalue weighted by Crippen LogP contribution is 2.39. The predicted molar refractivity (Wildman–Crippen MR) is 63.4 cm³/mol. The van der Waals surface area contributed by atoms with Crippen LogP contribution >= 0.6 is 0 Å². The lowest BCUT2D eigenvalue weighted by Crippen LogP contribution is -2.61. The molecule has 2 rings (SSSR count). The fourth-order valence-corrected chi connectivity index (χ4v) is 3.42. The third-order valence-electron chi connectivity index (χ3n) is 4.15. The molecule has 94 valence electrons. The van der Waals surface area contributed by atoms with Gasteiger partial charge in [-0.15, -0.1) is 0 Å². The van der Waals surface area contributed by atoms with Crippen molar-refractivity contribution in [1.82, 2.24) is 9.80 Å². The maximum absolute atomic E-state index is 9.66. The van der Waals surface area contributed by atoms with Gasteiger partial charge in [-0.2, -0.15) is 0 Å². The lowest BCUT2D eigenvalue weighted by molar-refractivity contribution is -0.180. The van der Waals surface area contributed by atoms with E-state index in [9.17, 15) is 5.11 Å². The third-order valence-corrected chi connectivity index (χ3v) is 4.15. The number of aliphatic hydroxyl groups is 1. The van der Waals surface area contributed by atoms with Gasteiger partial charge < -0.3 is 19.6 Å². The zero-order valence-electron chi connectivity index (χ0n) is 10.6. The average Bonchev–Trinajstić information content (AvgIpc) is 2.57. The van der Waals surface area contributed by atoms with Gasteiger partial charge in [0.05, 0.1) is 25.2 Å². The van der Waals surface area contributed by atoms with E-state index in [4.69, 9.17) is 4.74 Å². The second kappa shape index (κ2) is 4.61. The topological polar surface area (TPSA) is 35.9 Å². The number of likely N-dealkylation sites (tertiary alicyclic amines) is 1. The van der Waals surface area contributed by atoms with E-state index in [1.54, 1.807) is 0 Å². The molecule has 2 atom stereocenters. The van der Waals surface area contributed by atoms with E-state index >= 15 is 0 Å². The number of hydrogen-bond donors (Lipinski definition) is 1. The number of rotatable bonds is 4. The van der Waals surface area contributed by atoms with Crippen LogP contribution in [0.1, 0.15) is 6.42 Å². The van der Waals surface area contributed by atoms with Crippen molar-refractivity contribution in [3.05, 3.63) is 0 Å². The predicted octanol–water partition coefficient (Wildman–Crippen LogP) is -0.123. The summed E-state index contributed by atoms with van der Waals surface area (Å²) >= 11 is 0. The Bertz CT molecular complexity index is 236. The van der Waals surface area contributed by atoms with Crippen molar-refractivity contribution >= 4 is 0 Å². The zero-order chi connectivity index (χ0) is 11.8. The van der Waals surface area contributed by atoms with Gasteiger partial charge in [-0.05, 0) is 40.0 Å². The van der Waals surface area contributed by atoms with E-state index in [0.717, 1.165) is 6.54 Å². The van der Waals surface area contributed by atoms with Crippen molar-refractivity contribution in [1.29, 1.82) is 0 Å². The summed E-state index contributed by atoms with van der Waals surface area (Å²) in [6.45, 7) is 4.00. The lowest BCUT2D eigenvalue weighted by Gasteiger charge is -2.50. The molecule has 0 aromatic rings. The molecule has 0 aliphatic carbocycles. The first-order valence-corrected chi connectivity index (χ1v) is 6.13. The van der Waals surface area contributed by atoms with E-state index in [0.29, 0.717) is 25.2 Å². The van der Waals surface area contributed by atoms with Gasteiger partial charge in [-0.3, -0.25) is 0 Å². The van der Waals surface area contributed by atoms with Gasteiger partial charge in [0.1, 0.15) is 0 Å². The average molecular weight is 228 g/mol. The molecule has 0 bridgehead atoms. The minimum absolute atomic E-state index is 0.0145. The Labute approximate surface area is 98.2 Å². The molecule has 0 aromatic carbocycles. The van der Waals surface area contributed by atoms with Gasteiger partial charge in [-0.1, -0.05) is 0 Å². The fourth-order valence-electron chi connectivity index (χ4n) is 3.42. The minimum Gasteiger partial charge on any atom is -0.396 e. The van der Waals surface area contributed by atoms with Crippen LogP contribution in [0.15, 0.2) is 0 Å². The summed E-state index contributed by atoms with van der Waals surface area (Å²) in [7, 11) is 6.42. The van der Waals surface area contributed by atoms with Gasteiger partial charge in [0.15, 0.2) is 0 Å². The van der Waals surface area contributed by atoms with Gasteiger partial charge in [0.2, 0.25) is 0 Å². The van der Waals surface area contributed by atoms with E-state index < -0.39 is 0 Å². The van der Waals surface area contributed by atoms with Crippen molar-refractivity contribution in [2.45, 2.75) is 12.5 Å². The van der Waals surface area contributed by atoms with Crippen molar-refractivity contribution in [2.75, 3.05) is 54.1 Å². The van der Waals surface area contributed by atoms with Crippen LogP contribution in [0.3, 0.4) is 0 Å². The molecule has 0 amide bonds. The second-order valence-corrected chi connectivity index (χ2v) is 5.73. The molecule has 0 spiro atoms. The van der Waals surface area contributed by atoms with Crippen LogP contribution < -0.4 is 0 Å². The number of ether oxygens (including phenoxy) is 1. The molecule has 0 saturated carbocycles. The van der Waals surface area contributed by atoms with Crippen molar-refractivity contribution in [2.24, 2.45) is 11.3 Å². The highest BCUT2D eigenvalue weighted by molar-refractivity contribution is 5.01. The molecular weight excluding hydrogens is 204 g/mol. The summed E-state index contributed by atoms with van der Waals surface area (Å²) < 4.78 is 5.35. The fraction of sp³-hybridized carbons (Fsp3) is 1.00. The Kier molecular flexibility index (Phi) is 3.54. The van der Waals surface area contributed by atoms with Crippen molar-refractivity contribution < 1.29 is 9.84 Å². The van der Waals surface area contributed by atoms with Crippen LogP contribution in [0.5, 0.6) is 0 Å². The summed E-state index contributed by atoms with van der Waals surface area (Å²) in [6, 6.07) is 0.441. The molecule has 2 heterocycles. The molecule has 2 aliphatic heterocycles. The SMILES string of the molecule is CN1CCC(C(N(C)C)C2(CO)COC2)C1. The summed E-state index contributed by atoms with van der Waals surface area (Å²) in [5.74, 6) is 0.663. The standard InChI is InChI=1S/C12H24N2O2/c1-13(2)11(10-4-5-14(3)6-10)12(7-15)8-16-9-12/h10-11,15H,4-9H2,1-3H3. The third kappa shape index (κ3) is 1.99. The molecule has 4 heteroatoms. The maximum atomic E-state index is 9.66. The van der Waals surface area contributed by atoms with Crippen LogP contribution in [-0.2, 0) is 4.74 Å². The van der Waals surface area contributed by atoms with Crippen LogP contribution in [-0.4, -0.2) is 75.0 Å².